The molecular formula is C28H18BrCl2N3O4. The van der Waals surface area contributed by atoms with Crippen LogP contribution in [0.15, 0.2) is 101 Å². The van der Waals surface area contributed by atoms with Gasteiger partial charge in [0.25, 0.3) is 11.8 Å². The Morgan fingerprint density at radius 3 is 2.34 bits per heavy atom. The van der Waals surface area contributed by atoms with Gasteiger partial charge in [0.2, 0.25) is 0 Å². The molecule has 4 aromatic rings. The van der Waals surface area contributed by atoms with Crippen molar-refractivity contribution >= 4 is 68.8 Å². The van der Waals surface area contributed by atoms with Crippen LogP contribution in [0.5, 0.6) is 5.75 Å². The summed E-state index contributed by atoms with van der Waals surface area (Å²) in [5, 5.41) is 7.30. The Bertz CT molecular complexity index is 1540. The number of hydrogen-bond donors (Lipinski definition) is 2. The van der Waals surface area contributed by atoms with Gasteiger partial charge in [0.15, 0.2) is 0 Å². The van der Waals surface area contributed by atoms with Crippen molar-refractivity contribution in [1.29, 1.82) is 0 Å². The van der Waals surface area contributed by atoms with Crippen LogP contribution in [0.2, 0.25) is 10.0 Å². The van der Waals surface area contributed by atoms with Gasteiger partial charge < -0.3 is 10.1 Å². The van der Waals surface area contributed by atoms with Gasteiger partial charge in [0.1, 0.15) is 5.75 Å². The molecule has 190 valence electrons. The third kappa shape index (κ3) is 7.07. The smallest absolute Gasteiger partial charge is 0.345 e. The van der Waals surface area contributed by atoms with Gasteiger partial charge in [0, 0.05) is 31.9 Å². The van der Waals surface area contributed by atoms with Gasteiger partial charge in [-0.05, 0) is 72.8 Å². The summed E-state index contributed by atoms with van der Waals surface area (Å²) < 4.78 is 6.34. The Balaban J connectivity index is 1.40. The minimum Gasteiger partial charge on any atom is -0.422 e. The zero-order chi connectivity index (χ0) is 27.1. The number of rotatable bonds is 7. The summed E-state index contributed by atoms with van der Waals surface area (Å²) in [6, 6.07) is 24.5. The molecule has 38 heavy (non-hydrogen) atoms. The van der Waals surface area contributed by atoms with E-state index in [0.717, 1.165) is 4.47 Å². The van der Waals surface area contributed by atoms with Gasteiger partial charge in [-0.2, -0.15) is 5.10 Å². The molecule has 0 aromatic heterocycles. The van der Waals surface area contributed by atoms with Gasteiger partial charge in [0.05, 0.1) is 16.8 Å². The molecule has 0 spiro atoms. The lowest BCUT2D eigenvalue weighted by atomic mass is 10.1. The second-order valence-electron chi connectivity index (χ2n) is 7.79. The molecule has 4 aromatic carbocycles. The Morgan fingerprint density at radius 2 is 1.58 bits per heavy atom. The van der Waals surface area contributed by atoms with E-state index in [0.29, 0.717) is 21.8 Å². The Labute approximate surface area is 236 Å². The molecule has 2 N–H and O–H groups in total. The van der Waals surface area contributed by atoms with Crippen molar-refractivity contribution in [2.24, 2.45) is 5.10 Å². The molecule has 0 aliphatic rings. The van der Waals surface area contributed by atoms with Crippen molar-refractivity contribution < 1.29 is 19.1 Å². The predicted molar refractivity (Wildman–Crippen MR) is 151 cm³/mol. The molecule has 0 saturated carbocycles. The third-order valence-electron chi connectivity index (χ3n) is 5.13. The first-order valence-electron chi connectivity index (χ1n) is 11.1. The standard InChI is InChI=1S/C28H18BrCl2N3O4/c29-20-10-8-17(9-11-20)26(35)33-22-6-3-5-18(14-22)27(36)34-32-16-19-4-1-2-7-25(19)38-28(37)23-13-12-21(30)15-24(23)31/h1-16H,(H,33,35)(H,34,36). The molecule has 0 unspecified atom stereocenters. The molecule has 0 atom stereocenters. The number of benzene rings is 4. The zero-order valence-electron chi connectivity index (χ0n) is 19.5. The monoisotopic (exact) mass is 609 g/mol. The number of amides is 2. The van der Waals surface area contributed by atoms with E-state index >= 15 is 0 Å². The summed E-state index contributed by atoms with van der Waals surface area (Å²) in [6.07, 6.45) is 1.35. The molecule has 0 fully saturated rings. The molecule has 4 rings (SSSR count). The largest absolute Gasteiger partial charge is 0.422 e. The number of nitrogens with one attached hydrogen (secondary N) is 2. The first-order chi connectivity index (χ1) is 18.3. The summed E-state index contributed by atoms with van der Waals surface area (Å²) in [6.45, 7) is 0. The van der Waals surface area contributed by atoms with Crippen LogP contribution in [0.3, 0.4) is 0 Å². The van der Waals surface area contributed by atoms with Crippen LogP contribution in [0, 0.1) is 0 Å². The number of hydrazone groups is 1. The van der Waals surface area contributed by atoms with Gasteiger partial charge in [-0.15, -0.1) is 0 Å². The van der Waals surface area contributed by atoms with E-state index in [4.69, 9.17) is 27.9 Å². The molecule has 0 saturated heterocycles. The summed E-state index contributed by atoms with van der Waals surface area (Å²) in [5.41, 5.74) is 4.25. The van der Waals surface area contributed by atoms with Gasteiger partial charge in [-0.25, -0.2) is 10.2 Å². The molecule has 0 radical (unpaired) electrons. The second kappa shape index (κ2) is 12.5. The Hall–Kier alpha value is -3.98. The van der Waals surface area contributed by atoms with Crippen LogP contribution in [0.25, 0.3) is 0 Å². The predicted octanol–water partition coefficient (Wildman–Crippen LogP) is 6.99. The number of para-hydroxylation sites is 1. The fourth-order valence-electron chi connectivity index (χ4n) is 3.26. The first kappa shape index (κ1) is 27.1. The lowest BCUT2D eigenvalue weighted by Gasteiger charge is -2.09. The summed E-state index contributed by atoms with van der Waals surface area (Å²) in [4.78, 5) is 37.7. The maximum Gasteiger partial charge on any atom is 0.345 e. The van der Waals surface area contributed by atoms with Crippen LogP contribution in [0.1, 0.15) is 36.6 Å². The number of carbonyl (C=O) groups excluding carboxylic acids is 3. The van der Waals surface area contributed by atoms with E-state index < -0.39 is 11.9 Å². The highest BCUT2D eigenvalue weighted by Crippen LogP contribution is 2.24. The van der Waals surface area contributed by atoms with E-state index in [-0.39, 0.29) is 27.8 Å². The maximum absolute atomic E-state index is 12.6. The van der Waals surface area contributed by atoms with Crippen molar-refractivity contribution in [2.45, 2.75) is 0 Å². The van der Waals surface area contributed by atoms with E-state index in [1.54, 1.807) is 66.7 Å². The third-order valence-corrected chi connectivity index (χ3v) is 6.21. The van der Waals surface area contributed by atoms with Crippen molar-refractivity contribution in [1.82, 2.24) is 5.43 Å². The molecule has 0 bridgehead atoms. The Morgan fingerprint density at radius 1 is 0.816 bits per heavy atom. The van der Waals surface area contributed by atoms with Crippen molar-refractivity contribution in [3.05, 3.63) is 128 Å². The van der Waals surface area contributed by atoms with E-state index in [1.165, 1.54) is 30.5 Å². The van der Waals surface area contributed by atoms with E-state index in [1.807, 2.05) is 0 Å². The minimum absolute atomic E-state index is 0.156. The highest BCUT2D eigenvalue weighted by Gasteiger charge is 2.15. The van der Waals surface area contributed by atoms with Crippen molar-refractivity contribution in [3.8, 4) is 5.75 Å². The maximum atomic E-state index is 12.6. The molecule has 2 amide bonds. The molecule has 7 nitrogen and oxygen atoms in total. The normalized spacial score (nSPS) is 10.7. The summed E-state index contributed by atoms with van der Waals surface area (Å²) in [7, 11) is 0. The molecular weight excluding hydrogens is 593 g/mol. The number of carbonyl (C=O) groups is 3. The molecule has 0 aliphatic heterocycles. The minimum atomic E-state index is -0.668. The van der Waals surface area contributed by atoms with Crippen molar-refractivity contribution in [3.63, 3.8) is 0 Å². The number of ether oxygens (including phenoxy) is 1. The molecule has 0 aliphatic carbocycles. The lowest BCUT2D eigenvalue weighted by Crippen LogP contribution is -2.18. The van der Waals surface area contributed by atoms with Gasteiger partial charge in [-0.1, -0.05) is 57.3 Å². The first-order valence-corrected chi connectivity index (χ1v) is 12.6. The van der Waals surface area contributed by atoms with Crippen LogP contribution >= 0.6 is 39.1 Å². The van der Waals surface area contributed by atoms with Gasteiger partial charge >= 0.3 is 5.97 Å². The lowest BCUT2D eigenvalue weighted by molar-refractivity contribution is 0.0734. The second-order valence-corrected chi connectivity index (χ2v) is 9.55. The summed E-state index contributed by atoms with van der Waals surface area (Å²) in [5.74, 6) is -1.25. The fraction of sp³-hybridized carbons (Fsp3) is 0. The van der Waals surface area contributed by atoms with Crippen molar-refractivity contribution in [2.75, 3.05) is 5.32 Å². The Kier molecular flexibility index (Phi) is 8.91. The van der Waals surface area contributed by atoms with E-state index in [9.17, 15) is 14.4 Å². The average molecular weight is 611 g/mol. The zero-order valence-corrected chi connectivity index (χ0v) is 22.5. The molecule has 0 heterocycles. The quantitative estimate of drug-likeness (QED) is 0.102. The fourth-order valence-corrected chi connectivity index (χ4v) is 4.01. The number of esters is 1. The van der Waals surface area contributed by atoms with Crippen LogP contribution in [0.4, 0.5) is 5.69 Å². The number of anilines is 1. The average Bonchev–Trinajstić information content (AvgIpc) is 2.90. The SMILES string of the molecule is O=C(NN=Cc1ccccc1OC(=O)c1ccc(Cl)cc1Cl)c1cccc(NC(=O)c2ccc(Br)cc2)c1. The topological polar surface area (TPSA) is 96.9 Å². The summed E-state index contributed by atoms with van der Waals surface area (Å²) >= 11 is 15.3. The van der Waals surface area contributed by atoms with E-state index in [2.05, 4.69) is 31.8 Å². The highest BCUT2D eigenvalue weighted by atomic mass is 79.9. The van der Waals surface area contributed by atoms with Crippen LogP contribution in [-0.4, -0.2) is 24.0 Å². The number of nitrogens with zero attached hydrogens (tertiary/aromatic N) is 1. The number of halogens is 3. The highest BCUT2D eigenvalue weighted by molar-refractivity contribution is 9.10. The molecule has 10 heteroatoms. The van der Waals surface area contributed by atoms with Gasteiger partial charge in [-0.3, -0.25) is 9.59 Å². The van der Waals surface area contributed by atoms with Crippen LogP contribution < -0.4 is 15.5 Å². The van der Waals surface area contributed by atoms with Crippen LogP contribution in [-0.2, 0) is 0 Å². The number of hydrogen-bond acceptors (Lipinski definition) is 5.